The Balaban J connectivity index is 1.34. The van der Waals surface area contributed by atoms with Crippen LogP contribution in [-0.4, -0.2) is 48.6 Å². The van der Waals surface area contributed by atoms with Crippen LogP contribution in [0.5, 0.6) is 0 Å². The number of nitrogens with one attached hydrogen (secondary N) is 1. The molecule has 1 aromatic rings. The SMILES string of the molecule is CC(C)OC(=N)CC1CN(C2CCN([C@H]3CC[C@@H](C(C)C)CC3)CC2)c2ccccc21. The fourth-order valence-electron chi connectivity index (χ4n) is 6.30. The maximum absolute atomic E-state index is 8.27. The second-order valence-corrected chi connectivity index (χ2v) is 10.8. The van der Waals surface area contributed by atoms with Crippen molar-refractivity contribution in [1.82, 2.24) is 4.90 Å². The normalized spacial score (nSPS) is 27.7. The number of likely N-dealkylation sites (tertiary alicyclic amines) is 1. The largest absolute Gasteiger partial charge is 0.478 e. The number of rotatable bonds is 6. The Morgan fingerprint density at radius 3 is 2.29 bits per heavy atom. The molecule has 0 radical (unpaired) electrons. The van der Waals surface area contributed by atoms with E-state index in [0.29, 0.717) is 24.3 Å². The summed E-state index contributed by atoms with van der Waals surface area (Å²) in [5.41, 5.74) is 2.81. The van der Waals surface area contributed by atoms with Gasteiger partial charge in [0, 0.05) is 49.7 Å². The summed E-state index contributed by atoms with van der Waals surface area (Å²) in [6.45, 7) is 12.3. The quantitative estimate of drug-likeness (QED) is 0.445. The van der Waals surface area contributed by atoms with Gasteiger partial charge in [0.1, 0.15) is 0 Å². The molecule has 0 amide bonds. The van der Waals surface area contributed by atoms with Crippen molar-refractivity contribution in [2.75, 3.05) is 24.5 Å². The molecule has 1 aromatic carbocycles. The van der Waals surface area contributed by atoms with Gasteiger partial charge in [0.2, 0.25) is 0 Å². The molecule has 1 aliphatic carbocycles. The third-order valence-electron chi connectivity index (χ3n) is 8.05. The van der Waals surface area contributed by atoms with E-state index >= 15 is 0 Å². The van der Waals surface area contributed by atoms with E-state index in [9.17, 15) is 0 Å². The highest BCUT2D eigenvalue weighted by molar-refractivity contribution is 5.75. The van der Waals surface area contributed by atoms with Gasteiger partial charge in [-0.2, -0.15) is 0 Å². The Bertz CT molecular complexity index is 730. The van der Waals surface area contributed by atoms with Crippen LogP contribution < -0.4 is 4.90 Å². The zero-order valence-electron chi connectivity index (χ0n) is 20.1. The molecule has 4 rings (SSSR count). The average molecular weight is 426 g/mol. The van der Waals surface area contributed by atoms with E-state index in [1.165, 1.54) is 62.9 Å². The van der Waals surface area contributed by atoms with E-state index in [0.717, 1.165) is 24.4 Å². The van der Waals surface area contributed by atoms with Gasteiger partial charge in [-0.05, 0) is 75.8 Å². The molecule has 0 spiro atoms. The van der Waals surface area contributed by atoms with Gasteiger partial charge in [-0.15, -0.1) is 0 Å². The highest BCUT2D eigenvalue weighted by atomic mass is 16.5. The minimum atomic E-state index is 0.0835. The third-order valence-corrected chi connectivity index (χ3v) is 8.05. The van der Waals surface area contributed by atoms with Crippen molar-refractivity contribution in [3.8, 4) is 0 Å². The van der Waals surface area contributed by atoms with Crippen molar-refractivity contribution >= 4 is 11.6 Å². The molecule has 2 aliphatic heterocycles. The highest BCUT2D eigenvalue weighted by Gasteiger charge is 2.36. The van der Waals surface area contributed by atoms with E-state index in [4.69, 9.17) is 10.1 Å². The number of anilines is 1. The summed E-state index contributed by atoms with van der Waals surface area (Å²) in [6.07, 6.45) is 8.99. The van der Waals surface area contributed by atoms with Crippen molar-refractivity contribution in [2.45, 2.75) is 96.7 Å². The second kappa shape index (κ2) is 9.94. The molecule has 0 bridgehead atoms. The van der Waals surface area contributed by atoms with Crippen LogP contribution in [-0.2, 0) is 4.74 Å². The number of ether oxygens (including phenoxy) is 1. The molecule has 2 fully saturated rings. The van der Waals surface area contributed by atoms with Crippen molar-refractivity contribution < 1.29 is 4.74 Å². The van der Waals surface area contributed by atoms with Gasteiger partial charge in [-0.1, -0.05) is 32.0 Å². The fraction of sp³-hybridized carbons (Fsp3) is 0.741. The number of benzene rings is 1. The molecule has 4 nitrogen and oxygen atoms in total. The van der Waals surface area contributed by atoms with E-state index in [1.807, 2.05) is 13.8 Å². The third kappa shape index (κ3) is 5.27. The molecule has 172 valence electrons. The van der Waals surface area contributed by atoms with Crippen LogP contribution in [0.2, 0.25) is 0 Å². The fourth-order valence-corrected chi connectivity index (χ4v) is 6.30. The predicted octanol–water partition coefficient (Wildman–Crippen LogP) is 6.06. The topological polar surface area (TPSA) is 39.6 Å². The number of piperidine rings is 1. The zero-order chi connectivity index (χ0) is 22.0. The van der Waals surface area contributed by atoms with Crippen LogP contribution >= 0.6 is 0 Å². The Kier molecular flexibility index (Phi) is 7.26. The summed E-state index contributed by atoms with van der Waals surface area (Å²) in [4.78, 5) is 5.47. The number of hydrogen-bond donors (Lipinski definition) is 1. The number of fused-ring (bicyclic) bond motifs is 1. The Morgan fingerprint density at radius 2 is 1.65 bits per heavy atom. The molecule has 1 saturated heterocycles. The lowest BCUT2D eigenvalue weighted by atomic mass is 9.79. The van der Waals surface area contributed by atoms with Crippen molar-refractivity contribution in [1.29, 1.82) is 5.41 Å². The van der Waals surface area contributed by atoms with Crippen LogP contribution in [0.25, 0.3) is 0 Å². The van der Waals surface area contributed by atoms with Crippen molar-refractivity contribution in [3.05, 3.63) is 29.8 Å². The van der Waals surface area contributed by atoms with Gasteiger partial charge >= 0.3 is 0 Å². The lowest BCUT2D eigenvalue weighted by Gasteiger charge is -2.43. The van der Waals surface area contributed by atoms with Gasteiger partial charge in [-0.25, -0.2) is 0 Å². The second-order valence-electron chi connectivity index (χ2n) is 10.8. The maximum Gasteiger partial charge on any atom is 0.181 e. The molecule has 3 aliphatic rings. The number of hydrogen-bond acceptors (Lipinski definition) is 4. The minimum Gasteiger partial charge on any atom is -0.478 e. The number of para-hydroxylation sites is 1. The molecule has 31 heavy (non-hydrogen) atoms. The van der Waals surface area contributed by atoms with E-state index in [-0.39, 0.29) is 6.10 Å². The van der Waals surface area contributed by atoms with Gasteiger partial charge in [0.15, 0.2) is 5.90 Å². The number of nitrogens with zero attached hydrogens (tertiary/aromatic N) is 2. The molecular weight excluding hydrogens is 382 g/mol. The Hall–Kier alpha value is -1.55. The summed E-state index contributed by atoms with van der Waals surface area (Å²) < 4.78 is 5.67. The minimum absolute atomic E-state index is 0.0835. The van der Waals surface area contributed by atoms with Crippen molar-refractivity contribution in [2.24, 2.45) is 11.8 Å². The van der Waals surface area contributed by atoms with Gasteiger partial charge in [0.05, 0.1) is 6.10 Å². The standard InChI is InChI=1S/C27H43N3O/c1-19(2)21-9-11-23(12-10-21)29-15-13-24(14-16-29)30-18-22(17-27(28)31-20(3)4)25-7-5-6-8-26(25)30/h5-8,19-24,28H,9-18H2,1-4H3/t21-,22?,23+. The first-order valence-electron chi connectivity index (χ1n) is 12.8. The highest BCUT2D eigenvalue weighted by Crippen LogP contribution is 2.41. The summed E-state index contributed by atoms with van der Waals surface area (Å²) in [6, 6.07) is 10.3. The summed E-state index contributed by atoms with van der Waals surface area (Å²) in [5.74, 6) is 2.61. The van der Waals surface area contributed by atoms with Crippen LogP contribution in [0.15, 0.2) is 24.3 Å². The van der Waals surface area contributed by atoms with Gasteiger partial charge in [0.25, 0.3) is 0 Å². The average Bonchev–Trinajstić information content (AvgIpc) is 3.12. The lowest BCUT2D eigenvalue weighted by molar-refractivity contribution is 0.0977. The van der Waals surface area contributed by atoms with Crippen LogP contribution in [0.1, 0.15) is 84.1 Å². The molecule has 0 aromatic heterocycles. The summed E-state index contributed by atoms with van der Waals surface area (Å²) >= 11 is 0. The smallest absolute Gasteiger partial charge is 0.181 e. The molecule has 2 heterocycles. The van der Waals surface area contributed by atoms with Crippen molar-refractivity contribution in [3.63, 3.8) is 0 Å². The van der Waals surface area contributed by atoms with Crippen LogP contribution in [0.4, 0.5) is 5.69 Å². The zero-order valence-corrected chi connectivity index (χ0v) is 20.1. The van der Waals surface area contributed by atoms with Crippen LogP contribution in [0, 0.1) is 17.2 Å². The van der Waals surface area contributed by atoms with E-state index in [1.54, 1.807) is 0 Å². The lowest BCUT2D eigenvalue weighted by Crippen LogP contribution is -2.49. The van der Waals surface area contributed by atoms with E-state index in [2.05, 4.69) is 47.9 Å². The maximum atomic E-state index is 8.27. The summed E-state index contributed by atoms with van der Waals surface area (Å²) in [7, 11) is 0. The molecule has 1 unspecified atom stereocenters. The molecule has 1 N–H and O–H groups in total. The Labute approximate surface area is 189 Å². The van der Waals surface area contributed by atoms with E-state index < -0.39 is 0 Å². The first-order valence-corrected chi connectivity index (χ1v) is 12.8. The first-order chi connectivity index (χ1) is 14.9. The first kappa shape index (κ1) is 22.6. The predicted molar refractivity (Wildman–Crippen MR) is 130 cm³/mol. The van der Waals surface area contributed by atoms with Gasteiger partial charge in [-0.3, -0.25) is 5.41 Å². The molecular formula is C27H43N3O. The molecule has 4 heteroatoms. The monoisotopic (exact) mass is 425 g/mol. The van der Waals surface area contributed by atoms with Crippen LogP contribution in [0.3, 0.4) is 0 Å². The van der Waals surface area contributed by atoms with Gasteiger partial charge < -0.3 is 14.5 Å². The summed E-state index contributed by atoms with van der Waals surface area (Å²) in [5, 5.41) is 8.27. The molecule has 1 atom stereocenters. The Morgan fingerprint density at radius 1 is 0.968 bits per heavy atom. The molecule has 1 saturated carbocycles.